The zero-order chi connectivity index (χ0) is 24.2. The number of hydrogen-bond donors (Lipinski definition) is 0. The van der Waals surface area contributed by atoms with Crippen molar-refractivity contribution in [1.82, 2.24) is 4.31 Å². The first-order valence-electron chi connectivity index (χ1n) is 13.6. The Morgan fingerprint density at radius 3 is 2.34 bits per heavy atom. The van der Waals surface area contributed by atoms with E-state index in [4.69, 9.17) is 0 Å². The number of hydrogen-bond acceptors (Lipinski definition) is 2. The summed E-state index contributed by atoms with van der Waals surface area (Å²) < 4.78 is 2.14. The molecule has 0 amide bonds. The predicted molar refractivity (Wildman–Crippen MR) is 150 cm³/mol. The molecular formula is C33H39NS. The second kappa shape index (κ2) is 9.12. The van der Waals surface area contributed by atoms with Gasteiger partial charge in [0.15, 0.2) is 0 Å². The van der Waals surface area contributed by atoms with Gasteiger partial charge in [0.1, 0.15) is 0 Å². The quantitative estimate of drug-likeness (QED) is 0.400. The summed E-state index contributed by atoms with van der Waals surface area (Å²) in [6.45, 7) is 6.93. The molecule has 2 aromatic carbocycles. The lowest BCUT2D eigenvalue weighted by molar-refractivity contribution is 0.106. The van der Waals surface area contributed by atoms with Crippen molar-refractivity contribution in [1.29, 1.82) is 0 Å². The van der Waals surface area contributed by atoms with Gasteiger partial charge >= 0.3 is 0 Å². The highest BCUT2D eigenvalue weighted by atomic mass is 32.2. The number of fused-ring (bicyclic) bond motifs is 4. The minimum absolute atomic E-state index is 0.511. The number of benzene rings is 2. The molecule has 0 heterocycles. The van der Waals surface area contributed by atoms with Crippen LogP contribution in [0.15, 0.2) is 88.4 Å². The van der Waals surface area contributed by atoms with Crippen molar-refractivity contribution >= 4 is 11.9 Å². The maximum Gasteiger partial charge on any atom is 0.0230 e. The average molecular weight is 482 g/mol. The second-order valence-electron chi connectivity index (χ2n) is 11.9. The Balaban J connectivity index is 1.35. The molecule has 0 aromatic heterocycles. The Hall–Kier alpha value is -2.03. The molecule has 0 radical (unpaired) electrons. The van der Waals surface area contributed by atoms with Gasteiger partial charge in [-0.25, -0.2) is 0 Å². The summed E-state index contributed by atoms with van der Waals surface area (Å²) in [6, 6.07) is 18.6. The summed E-state index contributed by atoms with van der Waals surface area (Å²) in [5, 5.41) is 0. The first-order chi connectivity index (χ1) is 16.9. The zero-order valence-corrected chi connectivity index (χ0v) is 22.5. The molecule has 0 N–H and O–H groups in total. The molecule has 4 atom stereocenters. The highest BCUT2D eigenvalue weighted by Gasteiger charge is 2.52. The van der Waals surface area contributed by atoms with Crippen LogP contribution in [0.25, 0.3) is 11.1 Å². The van der Waals surface area contributed by atoms with Crippen LogP contribution < -0.4 is 0 Å². The van der Waals surface area contributed by atoms with Gasteiger partial charge in [-0.15, -0.1) is 0 Å². The standard InChI is InChI=1S/C33H39NS/c1-22-7-17-28-26(20-22)14-18-29-31-6-5-19-33(31,2)21-30(32(28)29)25-10-8-23(9-11-25)24-12-15-27(16-13-24)35-34(3)4/h8-13,15-16,20,29-31H,1,5-7,14,17-19,21H2,2-4H3. The first kappa shape index (κ1) is 23.4. The van der Waals surface area contributed by atoms with E-state index in [1.54, 1.807) is 28.7 Å². The SMILES string of the molecule is C=C1C=C2CCC3C(=C2CC1)C(c1ccc(-c2ccc(SN(C)C)cc2)cc1)CC1(C)CCCC31. The third kappa shape index (κ3) is 4.27. The van der Waals surface area contributed by atoms with Crippen LogP contribution in [0.1, 0.15) is 69.8 Å². The topological polar surface area (TPSA) is 3.24 Å². The van der Waals surface area contributed by atoms with Crippen molar-refractivity contribution in [2.24, 2.45) is 17.3 Å². The predicted octanol–water partition coefficient (Wildman–Crippen LogP) is 9.20. The van der Waals surface area contributed by atoms with Crippen LogP contribution in [-0.4, -0.2) is 18.4 Å². The van der Waals surface area contributed by atoms with E-state index >= 15 is 0 Å². The molecule has 2 saturated carbocycles. The molecule has 0 saturated heterocycles. The monoisotopic (exact) mass is 481 g/mol. The minimum Gasteiger partial charge on any atom is -0.253 e. The smallest absolute Gasteiger partial charge is 0.0230 e. The molecule has 0 bridgehead atoms. The number of allylic oxidation sites excluding steroid dienone is 5. The fourth-order valence-corrected chi connectivity index (χ4v) is 8.56. The van der Waals surface area contributed by atoms with E-state index < -0.39 is 0 Å². The van der Waals surface area contributed by atoms with Crippen molar-refractivity contribution in [2.75, 3.05) is 14.1 Å². The molecule has 4 aliphatic rings. The van der Waals surface area contributed by atoms with E-state index in [9.17, 15) is 0 Å². The van der Waals surface area contributed by atoms with Crippen molar-refractivity contribution in [3.05, 3.63) is 89.0 Å². The summed E-state index contributed by atoms with van der Waals surface area (Å²) in [7, 11) is 4.18. The molecule has 1 nitrogen and oxygen atoms in total. The van der Waals surface area contributed by atoms with E-state index in [2.05, 4.69) is 86.5 Å². The van der Waals surface area contributed by atoms with E-state index in [1.165, 1.54) is 66.5 Å². The van der Waals surface area contributed by atoms with Gasteiger partial charge in [0.05, 0.1) is 0 Å². The van der Waals surface area contributed by atoms with Gasteiger partial charge in [0, 0.05) is 10.8 Å². The van der Waals surface area contributed by atoms with Gasteiger partial charge in [-0.1, -0.05) is 73.5 Å². The van der Waals surface area contributed by atoms with Crippen molar-refractivity contribution in [3.8, 4) is 11.1 Å². The Morgan fingerprint density at radius 1 is 0.914 bits per heavy atom. The molecule has 6 rings (SSSR count). The summed E-state index contributed by atoms with van der Waals surface area (Å²) in [5.74, 6) is 2.27. The largest absolute Gasteiger partial charge is 0.253 e. The maximum atomic E-state index is 4.31. The molecule has 2 heteroatoms. The van der Waals surface area contributed by atoms with Gasteiger partial charge in [0.25, 0.3) is 0 Å². The lowest BCUT2D eigenvalue weighted by Gasteiger charge is -2.51. The molecule has 0 aliphatic heterocycles. The molecule has 0 spiro atoms. The van der Waals surface area contributed by atoms with Crippen LogP contribution >= 0.6 is 11.9 Å². The van der Waals surface area contributed by atoms with Crippen molar-refractivity contribution < 1.29 is 0 Å². The van der Waals surface area contributed by atoms with Crippen LogP contribution in [0.5, 0.6) is 0 Å². The Labute approximate surface area is 216 Å². The molecule has 182 valence electrons. The van der Waals surface area contributed by atoms with Gasteiger partial charge in [0.2, 0.25) is 0 Å². The van der Waals surface area contributed by atoms with Crippen LogP contribution in [0, 0.1) is 17.3 Å². The van der Waals surface area contributed by atoms with E-state index in [0.29, 0.717) is 11.3 Å². The zero-order valence-electron chi connectivity index (χ0n) is 21.6. The highest BCUT2D eigenvalue weighted by Crippen LogP contribution is 2.64. The fraction of sp³-hybridized carbons (Fsp3) is 0.455. The maximum absolute atomic E-state index is 4.31. The van der Waals surface area contributed by atoms with Gasteiger partial charge in [-0.2, -0.15) is 0 Å². The second-order valence-corrected chi connectivity index (χ2v) is 13.3. The van der Waals surface area contributed by atoms with Crippen molar-refractivity contribution in [3.63, 3.8) is 0 Å². The lowest BCUT2D eigenvalue weighted by atomic mass is 9.53. The first-order valence-corrected chi connectivity index (χ1v) is 14.4. The lowest BCUT2D eigenvalue weighted by Crippen LogP contribution is -2.40. The Kier molecular flexibility index (Phi) is 6.09. The highest BCUT2D eigenvalue weighted by molar-refractivity contribution is 7.97. The third-order valence-corrected chi connectivity index (χ3v) is 10.3. The average Bonchev–Trinajstić information content (AvgIpc) is 3.25. The summed E-state index contributed by atoms with van der Waals surface area (Å²) in [4.78, 5) is 1.28. The normalized spacial score (nSPS) is 30.1. The van der Waals surface area contributed by atoms with Crippen LogP contribution in [0.3, 0.4) is 0 Å². The Bertz CT molecular complexity index is 1180. The number of rotatable bonds is 4. The van der Waals surface area contributed by atoms with Crippen molar-refractivity contribution in [2.45, 2.75) is 69.1 Å². The fourth-order valence-electron chi connectivity index (χ4n) is 7.88. The van der Waals surface area contributed by atoms with E-state index in [-0.39, 0.29) is 0 Å². The minimum atomic E-state index is 0.511. The van der Waals surface area contributed by atoms with Gasteiger partial charge < -0.3 is 0 Å². The molecule has 4 aliphatic carbocycles. The van der Waals surface area contributed by atoms with Crippen LogP contribution in [0.2, 0.25) is 0 Å². The molecule has 35 heavy (non-hydrogen) atoms. The molecular weight excluding hydrogens is 442 g/mol. The summed E-state index contributed by atoms with van der Waals surface area (Å²) in [6.07, 6.45) is 13.0. The Morgan fingerprint density at radius 2 is 1.63 bits per heavy atom. The number of nitrogens with zero attached hydrogens (tertiary/aromatic N) is 1. The van der Waals surface area contributed by atoms with E-state index in [1.807, 2.05) is 5.57 Å². The van der Waals surface area contributed by atoms with Crippen LogP contribution in [0.4, 0.5) is 0 Å². The molecule has 2 fully saturated rings. The molecule has 2 aromatic rings. The summed E-state index contributed by atoms with van der Waals surface area (Å²) in [5.41, 5.74) is 11.2. The molecule has 4 unspecified atom stereocenters. The van der Waals surface area contributed by atoms with Gasteiger partial charge in [-0.3, -0.25) is 4.31 Å². The van der Waals surface area contributed by atoms with Gasteiger partial charge in [-0.05, 0) is 128 Å². The third-order valence-electron chi connectivity index (χ3n) is 9.41. The summed E-state index contributed by atoms with van der Waals surface area (Å²) >= 11 is 1.77. The van der Waals surface area contributed by atoms with E-state index in [0.717, 1.165) is 18.3 Å². The van der Waals surface area contributed by atoms with Crippen LogP contribution in [-0.2, 0) is 0 Å².